The molecular formula is C13H22N2O. The Hall–Kier alpha value is -1.25. The van der Waals surface area contributed by atoms with Crippen LogP contribution in [0.15, 0.2) is 18.5 Å². The lowest BCUT2D eigenvalue weighted by Crippen LogP contribution is -2.11. The second-order valence-electron chi connectivity index (χ2n) is 4.05. The van der Waals surface area contributed by atoms with Gasteiger partial charge in [0.05, 0.1) is 24.2 Å². The molecule has 3 heteroatoms. The van der Waals surface area contributed by atoms with Gasteiger partial charge < -0.3 is 10.1 Å². The van der Waals surface area contributed by atoms with Crippen LogP contribution in [0.3, 0.4) is 0 Å². The zero-order valence-electron chi connectivity index (χ0n) is 10.5. The summed E-state index contributed by atoms with van der Waals surface area (Å²) in [4.78, 5) is 4.16. The van der Waals surface area contributed by atoms with Crippen LogP contribution in [-0.2, 0) is 0 Å². The molecule has 1 unspecified atom stereocenters. The summed E-state index contributed by atoms with van der Waals surface area (Å²) in [6.07, 6.45) is 7.18. The molecule has 1 rings (SSSR count). The fourth-order valence-electron chi connectivity index (χ4n) is 1.55. The molecule has 1 aromatic rings. The molecular weight excluding hydrogens is 200 g/mol. The van der Waals surface area contributed by atoms with Crippen molar-refractivity contribution in [2.75, 3.05) is 11.9 Å². The molecule has 3 nitrogen and oxygen atoms in total. The number of aromatic nitrogens is 1. The van der Waals surface area contributed by atoms with Gasteiger partial charge in [-0.3, -0.25) is 4.98 Å². The third kappa shape index (κ3) is 4.51. The van der Waals surface area contributed by atoms with E-state index in [4.69, 9.17) is 4.74 Å². The van der Waals surface area contributed by atoms with Crippen molar-refractivity contribution in [2.45, 2.75) is 46.1 Å². The van der Waals surface area contributed by atoms with Crippen molar-refractivity contribution >= 4 is 5.69 Å². The maximum Gasteiger partial charge on any atom is 0.140 e. The normalized spacial score (nSPS) is 12.2. The molecule has 16 heavy (non-hydrogen) atoms. The molecule has 0 saturated carbocycles. The third-order valence-electron chi connectivity index (χ3n) is 2.32. The predicted molar refractivity (Wildman–Crippen MR) is 68.0 cm³/mol. The summed E-state index contributed by atoms with van der Waals surface area (Å²) in [6, 6.07) is 2.01. The minimum Gasteiger partial charge on any atom is -0.489 e. The van der Waals surface area contributed by atoms with Crippen LogP contribution in [0, 0.1) is 0 Å². The van der Waals surface area contributed by atoms with Crippen LogP contribution < -0.4 is 10.1 Å². The molecule has 0 radical (unpaired) electrons. The van der Waals surface area contributed by atoms with E-state index in [9.17, 15) is 0 Å². The van der Waals surface area contributed by atoms with Crippen molar-refractivity contribution in [1.29, 1.82) is 0 Å². The van der Waals surface area contributed by atoms with Gasteiger partial charge in [0.2, 0.25) is 0 Å². The maximum atomic E-state index is 5.77. The molecule has 1 atom stereocenters. The first-order valence-electron chi connectivity index (χ1n) is 6.11. The summed E-state index contributed by atoms with van der Waals surface area (Å²) in [5, 5.41) is 3.30. The number of ether oxygens (including phenoxy) is 1. The molecule has 0 aliphatic heterocycles. The highest BCUT2D eigenvalue weighted by atomic mass is 16.5. The summed E-state index contributed by atoms with van der Waals surface area (Å²) in [6.45, 7) is 7.37. The molecule has 1 N–H and O–H groups in total. The highest BCUT2D eigenvalue weighted by molar-refractivity contribution is 5.45. The summed E-state index contributed by atoms with van der Waals surface area (Å²) < 4.78 is 5.77. The van der Waals surface area contributed by atoms with E-state index in [1.54, 1.807) is 6.20 Å². The van der Waals surface area contributed by atoms with Crippen molar-refractivity contribution in [3.63, 3.8) is 0 Å². The van der Waals surface area contributed by atoms with E-state index >= 15 is 0 Å². The van der Waals surface area contributed by atoms with Crippen LogP contribution in [0.2, 0.25) is 0 Å². The fourth-order valence-corrected chi connectivity index (χ4v) is 1.55. The van der Waals surface area contributed by atoms with Gasteiger partial charge in [-0.2, -0.15) is 0 Å². The first-order chi connectivity index (χ1) is 7.76. The minimum absolute atomic E-state index is 0.258. The van der Waals surface area contributed by atoms with Crippen LogP contribution in [0.5, 0.6) is 5.75 Å². The molecule has 0 spiro atoms. The number of pyridine rings is 1. The Morgan fingerprint density at radius 3 is 2.81 bits per heavy atom. The van der Waals surface area contributed by atoms with E-state index in [0.717, 1.165) is 37.2 Å². The third-order valence-corrected chi connectivity index (χ3v) is 2.32. The first kappa shape index (κ1) is 12.8. The van der Waals surface area contributed by atoms with Crippen LogP contribution in [-0.4, -0.2) is 17.6 Å². The number of anilines is 1. The summed E-state index contributed by atoms with van der Waals surface area (Å²) in [5.74, 6) is 0.849. The Labute approximate surface area is 98.2 Å². The fraction of sp³-hybridized carbons (Fsp3) is 0.615. The lowest BCUT2D eigenvalue weighted by molar-refractivity contribution is 0.209. The van der Waals surface area contributed by atoms with Crippen LogP contribution >= 0.6 is 0 Å². The smallest absolute Gasteiger partial charge is 0.140 e. The van der Waals surface area contributed by atoms with Crippen molar-refractivity contribution in [3.8, 4) is 5.75 Å². The molecule has 1 aromatic heterocycles. The molecule has 0 amide bonds. The van der Waals surface area contributed by atoms with E-state index in [1.165, 1.54) is 0 Å². The van der Waals surface area contributed by atoms with Gasteiger partial charge in [-0.1, -0.05) is 20.3 Å². The average Bonchev–Trinajstić information content (AvgIpc) is 2.27. The molecule has 0 fully saturated rings. The van der Waals surface area contributed by atoms with Crippen molar-refractivity contribution in [3.05, 3.63) is 18.5 Å². The average molecular weight is 222 g/mol. The zero-order chi connectivity index (χ0) is 11.8. The summed E-state index contributed by atoms with van der Waals surface area (Å²) >= 11 is 0. The van der Waals surface area contributed by atoms with Crippen LogP contribution in [0.1, 0.15) is 40.0 Å². The Bertz CT molecular complexity index is 302. The largest absolute Gasteiger partial charge is 0.489 e. The molecule has 0 bridgehead atoms. The standard InChI is InChI=1S/C13H22N2O/c1-4-6-11(3)16-13-8-12(9-14-10-13)15-7-5-2/h8-11,15H,4-7H2,1-3H3. The van der Waals surface area contributed by atoms with E-state index in [0.29, 0.717) is 0 Å². The monoisotopic (exact) mass is 222 g/mol. The van der Waals surface area contributed by atoms with Gasteiger partial charge in [0.1, 0.15) is 5.75 Å². The lowest BCUT2D eigenvalue weighted by atomic mass is 10.2. The number of hydrogen-bond acceptors (Lipinski definition) is 3. The Kier molecular flexibility index (Phi) is 5.68. The number of nitrogens with one attached hydrogen (secondary N) is 1. The molecule has 90 valence electrons. The van der Waals surface area contributed by atoms with Gasteiger partial charge in [0, 0.05) is 12.6 Å². The second-order valence-corrected chi connectivity index (χ2v) is 4.05. The number of rotatable bonds is 7. The molecule has 1 heterocycles. The second kappa shape index (κ2) is 7.09. The van der Waals surface area contributed by atoms with Crippen LogP contribution in [0.25, 0.3) is 0 Å². The molecule has 0 aliphatic rings. The van der Waals surface area contributed by atoms with Gasteiger partial charge in [0.25, 0.3) is 0 Å². The summed E-state index contributed by atoms with van der Waals surface area (Å²) in [7, 11) is 0. The number of hydrogen-bond donors (Lipinski definition) is 1. The van der Waals surface area contributed by atoms with E-state index in [2.05, 4.69) is 31.1 Å². The molecule has 0 aromatic carbocycles. The van der Waals surface area contributed by atoms with Crippen molar-refractivity contribution in [1.82, 2.24) is 4.98 Å². The first-order valence-corrected chi connectivity index (χ1v) is 6.11. The van der Waals surface area contributed by atoms with Gasteiger partial charge >= 0.3 is 0 Å². The van der Waals surface area contributed by atoms with Crippen LogP contribution in [0.4, 0.5) is 5.69 Å². The minimum atomic E-state index is 0.258. The van der Waals surface area contributed by atoms with Gasteiger partial charge in [0.15, 0.2) is 0 Å². The topological polar surface area (TPSA) is 34.2 Å². The quantitative estimate of drug-likeness (QED) is 0.767. The van der Waals surface area contributed by atoms with Gasteiger partial charge in [-0.05, 0) is 19.8 Å². The Morgan fingerprint density at radius 2 is 2.12 bits per heavy atom. The number of nitrogens with zero attached hydrogens (tertiary/aromatic N) is 1. The maximum absolute atomic E-state index is 5.77. The van der Waals surface area contributed by atoms with Crippen molar-refractivity contribution < 1.29 is 4.74 Å². The van der Waals surface area contributed by atoms with E-state index in [-0.39, 0.29) is 6.10 Å². The lowest BCUT2D eigenvalue weighted by Gasteiger charge is -2.14. The van der Waals surface area contributed by atoms with Gasteiger partial charge in [-0.15, -0.1) is 0 Å². The molecule has 0 saturated heterocycles. The summed E-state index contributed by atoms with van der Waals surface area (Å²) in [5.41, 5.74) is 1.03. The zero-order valence-corrected chi connectivity index (χ0v) is 10.5. The SMILES string of the molecule is CCCNc1cncc(OC(C)CCC)c1. The predicted octanol–water partition coefficient (Wildman–Crippen LogP) is 3.47. The Balaban J connectivity index is 2.52. The van der Waals surface area contributed by atoms with Crippen molar-refractivity contribution in [2.24, 2.45) is 0 Å². The highest BCUT2D eigenvalue weighted by Crippen LogP contribution is 2.17. The highest BCUT2D eigenvalue weighted by Gasteiger charge is 2.03. The molecule has 0 aliphatic carbocycles. The van der Waals surface area contributed by atoms with E-state index < -0.39 is 0 Å². The van der Waals surface area contributed by atoms with E-state index in [1.807, 2.05) is 12.3 Å². The van der Waals surface area contributed by atoms with Gasteiger partial charge in [-0.25, -0.2) is 0 Å². The Morgan fingerprint density at radius 1 is 1.31 bits per heavy atom.